The quantitative estimate of drug-likeness (QED) is 0.438. The Bertz CT molecular complexity index is 973. The van der Waals surface area contributed by atoms with Gasteiger partial charge in [0.05, 0.1) is 22.5 Å². The first-order valence-corrected chi connectivity index (χ1v) is 8.96. The van der Waals surface area contributed by atoms with Crippen LogP contribution < -0.4 is 4.72 Å². The van der Waals surface area contributed by atoms with Crippen LogP contribution in [-0.2, 0) is 25.7 Å². The average molecular weight is 418 g/mol. The molecule has 0 saturated carbocycles. The summed E-state index contributed by atoms with van der Waals surface area (Å²) in [5, 5.41) is 10.7. The molecule has 0 spiro atoms. The van der Waals surface area contributed by atoms with E-state index in [1.807, 2.05) is 4.72 Å². The van der Waals surface area contributed by atoms with Crippen LogP contribution in [0.5, 0.6) is 0 Å². The fourth-order valence-corrected chi connectivity index (χ4v) is 3.38. The molecule has 0 aliphatic heterocycles. The zero-order chi connectivity index (χ0) is 21.1. The molecule has 0 aromatic heterocycles. The molecule has 0 aliphatic rings. The Kier molecular flexibility index (Phi) is 6.04. The van der Waals surface area contributed by atoms with Crippen molar-refractivity contribution in [3.05, 3.63) is 69.8 Å². The van der Waals surface area contributed by atoms with Crippen molar-refractivity contribution in [1.29, 1.82) is 0 Å². The Labute approximate surface area is 157 Å². The number of hydrogen-bond donors (Lipinski definition) is 1. The summed E-state index contributed by atoms with van der Waals surface area (Å²) in [6.45, 7) is 0. The maximum atomic E-state index is 12.7. The number of rotatable bonds is 6. The van der Waals surface area contributed by atoms with Gasteiger partial charge in [-0.3, -0.25) is 10.1 Å². The molecule has 0 bridgehead atoms. The van der Waals surface area contributed by atoms with Gasteiger partial charge in [-0.1, -0.05) is 12.1 Å². The Balaban J connectivity index is 2.36. The molecule has 0 radical (unpaired) electrons. The van der Waals surface area contributed by atoms with Gasteiger partial charge in [0, 0.05) is 12.1 Å². The van der Waals surface area contributed by atoms with Crippen molar-refractivity contribution in [1.82, 2.24) is 4.72 Å². The van der Waals surface area contributed by atoms with Crippen molar-refractivity contribution in [3.8, 4) is 0 Å². The lowest BCUT2D eigenvalue weighted by atomic mass is 10.1. The first-order valence-electron chi connectivity index (χ1n) is 7.47. The number of non-ortho nitro benzene ring substituents is 1. The molecule has 2 rings (SSSR count). The highest BCUT2D eigenvalue weighted by molar-refractivity contribution is 7.89. The van der Waals surface area contributed by atoms with Gasteiger partial charge in [0.15, 0.2) is 0 Å². The van der Waals surface area contributed by atoms with Crippen molar-refractivity contribution in [3.63, 3.8) is 0 Å². The van der Waals surface area contributed by atoms with E-state index in [9.17, 15) is 36.5 Å². The third kappa shape index (κ3) is 4.84. The minimum absolute atomic E-state index is 0.0784. The second-order valence-corrected chi connectivity index (χ2v) is 7.16. The fraction of sp³-hybridized carbons (Fsp3) is 0.188. The number of nitro benzene ring substituents is 1. The van der Waals surface area contributed by atoms with Crippen LogP contribution in [0.4, 0.5) is 18.9 Å². The van der Waals surface area contributed by atoms with E-state index in [0.717, 1.165) is 43.5 Å². The first kappa shape index (κ1) is 21.3. The maximum Gasteiger partial charge on any atom is 0.416 e. The Morgan fingerprint density at radius 3 is 2.07 bits per heavy atom. The number of nitrogens with zero attached hydrogens (tertiary/aromatic N) is 1. The largest absolute Gasteiger partial charge is 0.468 e. The van der Waals surface area contributed by atoms with E-state index in [0.29, 0.717) is 12.1 Å². The Morgan fingerprint density at radius 2 is 1.64 bits per heavy atom. The number of nitro groups is 1. The minimum atomic E-state index is -4.60. The lowest BCUT2D eigenvalue weighted by molar-refractivity contribution is -0.384. The van der Waals surface area contributed by atoms with Crippen LogP contribution >= 0.6 is 0 Å². The molecule has 0 unspecified atom stereocenters. The second-order valence-electron chi connectivity index (χ2n) is 5.45. The van der Waals surface area contributed by atoms with Gasteiger partial charge in [-0.15, -0.1) is 0 Å². The normalized spacial score (nSPS) is 13.0. The number of carbonyl (C=O) groups excluding carboxylic acids is 1. The number of alkyl halides is 3. The highest BCUT2D eigenvalue weighted by Gasteiger charge is 2.32. The molecule has 0 aliphatic carbocycles. The Hall–Kier alpha value is -2.99. The number of esters is 1. The van der Waals surface area contributed by atoms with E-state index in [1.165, 1.54) is 0 Å². The Morgan fingerprint density at radius 1 is 1.11 bits per heavy atom. The molecule has 8 nitrogen and oxygen atoms in total. The van der Waals surface area contributed by atoms with E-state index in [1.54, 1.807) is 0 Å². The van der Waals surface area contributed by atoms with Gasteiger partial charge in [0.25, 0.3) is 5.69 Å². The third-order valence-electron chi connectivity index (χ3n) is 3.64. The average Bonchev–Trinajstić information content (AvgIpc) is 2.65. The van der Waals surface area contributed by atoms with E-state index in [-0.39, 0.29) is 16.1 Å². The van der Waals surface area contributed by atoms with Crippen LogP contribution in [0.3, 0.4) is 0 Å². The van der Waals surface area contributed by atoms with Crippen LogP contribution in [0.1, 0.15) is 17.2 Å². The van der Waals surface area contributed by atoms with Crippen molar-refractivity contribution in [2.75, 3.05) is 7.11 Å². The summed E-state index contributed by atoms with van der Waals surface area (Å²) in [5.41, 5.74) is -1.39. The minimum Gasteiger partial charge on any atom is -0.468 e. The predicted octanol–water partition coefficient (Wildman–Crippen LogP) is 2.81. The fourth-order valence-electron chi connectivity index (χ4n) is 2.20. The molecular formula is C16H13F3N2O6S. The van der Waals surface area contributed by atoms with Crippen molar-refractivity contribution in [2.24, 2.45) is 0 Å². The molecule has 1 N–H and O–H groups in total. The topological polar surface area (TPSA) is 116 Å². The van der Waals surface area contributed by atoms with Gasteiger partial charge in [0.2, 0.25) is 10.0 Å². The highest BCUT2D eigenvalue weighted by Crippen LogP contribution is 2.30. The third-order valence-corrected chi connectivity index (χ3v) is 5.08. The van der Waals surface area contributed by atoms with Crippen LogP contribution in [0, 0.1) is 10.1 Å². The molecule has 28 heavy (non-hydrogen) atoms. The maximum absolute atomic E-state index is 12.7. The zero-order valence-corrected chi connectivity index (χ0v) is 15.0. The standard InChI is InChI=1S/C16H13F3N2O6S/c1-27-15(22)14(10-2-4-11(5-3-10)16(17,18)19)20-28(25,26)13-8-6-12(7-9-13)21(23)24/h2-9,14,20H,1H3/t14-/m1/s1. The smallest absolute Gasteiger partial charge is 0.416 e. The van der Waals surface area contributed by atoms with Gasteiger partial charge < -0.3 is 4.74 Å². The molecule has 0 heterocycles. The summed E-state index contributed by atoms with van der Waals surface area (Å²) in [6.07, 6.45) is -4.60. The van der Waals surface area contributed by atoms with Crippen LogP contribution in [0.25, 0.3) is 0 Å². The molecule has 0 amide bonds. The van der Waals surface area contributed by atoms with Gasteiger partial charge in [0.1, 0.15) is 6.04 Å². The van der Waals surface area contributed by atoms with Crippen LogP contribution in [0.2, 0.25) is 0 Å². The number of hydrogen-bond acceptors (Lipinski definition) is 6. The predicted molar refractivity (Wildman–Crippen MR) is 89.6 cm³/mol. The molecule has 1 atom stereocenters. The summed E-state index contributed by atoms with van der Waals surface area (Å²) in [5.74, 6) is -1.05. The summed E-state index contributed by atoms with van der Waals surface area (Å²) in [6, 6.07) is 5.51. The summed E-state index contributed by atoms with van der Waals surface area (Å²) >= 11 is 0. The van der Waals surface area contributed by atoms with Crippen LogP contribution in [0.15, 0.2) is 53.4 Å². The molecule has 0 saturated heterocycles. The molecule has 0 fully saturated rings. The van der Waals surface area contributed by atoms with Gasteiger partial charge in [-0.2, -0.15) is 17.9 Å². The second kappa shape index (κ2) is 7.94. The zero-order valence-electron chi connectivity index (χ0n) is 14.1. The number of halogens is 3. The molecule has 2 aromatic carbocycles. The number of ether oxygens (including phenoxy) is 1. The summed E-state index contributed by atoms with van der Waals surface area (Å²) < 4.78 is 69.5. The van der Waals surface area contributed by atoms with Gasteiger partial charge in [-0.05, 0) is 29.8 Å². The lowest BCUT2D eigenvalue weighted by Gasteiger charge is -2.18. The molecule has 12 heteroatoms. The lowest BCUT2D eigenvalue weighted by Crippen LogP contribution is -2.34. The molecular weight excluding hydrogens is 405 g/mol. The van der Waals surface area contributed by atoms with Crippen molar-refractivity contribution >= 4 is 21.7 Å². The molecule has 150 valence electrons. The monoisotopic (exact) mass is 418 g/mol. The number of carbonyl (C=O) groups is 1. The van der Waals surface area contributed by atoms with Crippen molar-refractivity contribution < 1.29 is 36.0 Å². The SMILES string of the molecule is COC(=O)[C@H](NS(=O)(=O)c1ccc([N+](=O)[O-])cc1)c1ccc(C(F)(F)F)cc1. The summed E-state index contributed by atoms with van der Waals surface area (Å²) in [7, 11) is -3.35. The number of nitrogens with one attached hydrogen (secondary N) is 1. The van der Waals surface area contributed by atoms with Crippen molar-refractivity contribution in [2.45, 2.75) is 17.1 Å². The van der Waals surface area contributed by atoms with E-state index in [2.05, 4.69) is 4.74 Å². The van der Waals surface area contributed by atoms with Crippen LogP contribution in [-0.4, -0.2) is 26.4 Å². The van der Waals surface area contributed by atoms with E-state index >= 15 is 0 Å². The number of benzene rings is 2. The van der Waals surface area contributed by atoms with Gasteiger partial charge in [-0.25, -0.2) is 13.2 Å². The van der Waals surface area contributed by atoms with Gasteiger partial charge >= 0.3 is 12.1 Å². The first-order chi connectivity index (χ1) is 13.0. The molecule has 2 aromatic rings. The number of methoxy groups -OCH3 is 1. The van der Waals surface area contributed by atoms with E-state index < -0.39 is 38.7 Å². The summed E-state index contributed by atoms with van der Waals surface area (Å²) in [4.78, 5) is 21.5. The van der Waals surface area contributed by atoms with E-state index in [4.69, 9.17) is 0 Å². The highest BCUT2D eigenvalue weighted by atomic mass is 32.2. The number of sulfonamides is 1.